The molecule has 0 radical (unpaired) electrons. The van der Waals surface area contributed by atoms with E-state index in [0.717, 1.165) is 37.0 Å². The minimum absolute atomic E-state index is 0.0605. The van der Waals surface area contributed by atoms with Crippen LogP contribution in [0.1, 0.15) is 18.9 Å². The fourth-order valence-corrected chi connectivity index (χ4v) is 4.17. The molecule has 1 fully saturated rings. The van der Waals surface area contributed by atoms with Crippen molar-refractivity contribution in [3.05, 3.63) is 59.0 Å². The zero-order chi connectivity index (χ0) is 22.5. The van der Waals surface area contributed by atoms with E-state index >= 15 is 0 Å². The van der Waals surface area contributed by atoms with Gasteiger partial charge in [-0.15, -0.1) is 0 Å². The van der Waals surface area contributed by atoms with Crippen molar-refractivity contribution in [2.24, 2.45) is 0 Å². The largest absolute Gasteiger partial charge is 0.491 e. The van der Waals surface area contributed by atoms with Crippen molar-refractivity contribution in [3.63, 3.8) is 0 Å². The van der Waals surface area contributed by atoms with Crippen molar-refractivity contribution < 1.29 is 14.6 Å². The Balaban J connectivity index is 1.24. The Morgan fingerprint density at radius 2 is 1.91 bits per heavy atom. The van der Waals surface area contributed by atoms with E-state index in [1.165, 1.54) is 0 Å². The van der Waals surface area contributed by atoms with Crippen LogP contribution in [0.4, 0.5) is 10.5 Å². The monoisotopic (exact) mass is 439 g/mol. The second kappa shape index (κ2) is 9.88. The molecule has 0 saturated carbocycles. The Kier molecular flexibility index (Phi) is 6.77. The quantitative estimate of drug-likeness (QED) is 0.451. The second-order valence-corrected chi connectivity index (χ2v) is 8.04. The fourth-order valence-electron chi connectivity index (χ4n) is 4.17. The van der Waals surface area contributed by atoms with E-state index in [1.54, 1.807) is 31.3 Å². The van der Waals surface area contributed by atoms with Gasteiger partial charge in [-0.2, -0.15) is 0 Å². The Hall–Kier alpha value is -3.30. The number of imidazole rings is 1. The number of aliphatic hydroxyl groups is 1. The number of aliphatic hydroxyl groups excluding tert-OH is 1. The molecule has 3 aromatic rings. The lowest BCUT2D eigenvalue weighted by atomic mass is 10.0. The Bertz CT molecular complexity index is 1100. The number of likely N-dealkylation sites (tertiary alicyclic amines) is 1. The molecule has 1 atom stereocenters. The van der Waals surface area contributed by atoms with Crippen molar-refractivity contribution in [1.29, 1.82) is 0 Å². The molecule has 1 aromatic heterocycles. The number of urea groups is 1. The van der Waals surface area contributed by atoms with Crippen molar-refractivity contribution in [2.75, 3.05) is 38.6 Å². The standard InChI is InChI=1S/C23H29N5O4/c1-24-22(30)25-16-6-8-19(9-7-16)32-15-18(29)14-27-12-10-17(11-13-27)28-21-5-3-2-4-20(21)26-23(28)31/h2-9,17-18,29H,10-15H2,1H3,(H,26,31)(H2,24,25,30). The van der Waals surface area contributed by atoms with Crippen LogP contribution in [0.2, 0.25) is 0 Å². The molecule has 32 heavy (non-hydrogen) atoms. The maximum atomic E-state index is 12.4. The Morgan fingerprint density at radius 1 is 1.19 bits per heavy atom. The van der Waals surface area contributed by atoms with Crippen LogP contribution in [0, 0.1) is 0 Å². The van der Waals surface area contributed by atoms with Crippen molar-refractivity contribution in [1.82, 2.24) is 19.8 Å². The summed E-state index contributed by atoms with van der Waals surface area (Å²) in [6, 6.07) is 14.6. The first-order valence-corrected chi connectivity index (χ1v) is 10.8. The number of rotatable bonds is 7. The summed E-state index contributed by atoms with van der Waals surface area (Å²) in [7, 11) is 1.55. The summed E-state index contributed by atoms with van der Waals surface area (Å²) in [4.78, 5) is 28.9. The predicted octanol–water partition coefficient (Wildman–Crippen LogP) is 2.16. The highest BCUT2D eigenvalue weighted by atomic mass is 16.5. The third kappa shape index (κ3) is 5.12. The summed E-state index contributed by atoms with van der Waals surface area (Å²) >= 11 is 0. The molecule has 1 aliphatic rings. The van der Waals surface area contributed by atoms with Gasteiger partial charge in [-0.3, -0.25) is 4.57 Å². The summed E-state index contributed by atoms with van der Waals surface area (Å²) < 4.78 is 7.55. The van der Waals surface area contributed by atoms with Crippen LogP contribution in [0.15, 0.2) is 53.3 Å². The first kappa shape index (κ1) is 21.9. The summed E-state index contributed by atoms with van der Waals surface area (Å²) in [6.07, 6.45) is 1.09. The van der Waals surface area contributed by atoms with Crippen LogP contribution < -0.4 is 21.1 Å². The third-order valence-electron chi connectivity index (χ3n) is 5.80. The van der Waals surface area contributed by atoms with Crippen LogP contribution in [0.25, 0.3) is 11.0 Å². The number of β-amino-alcohol motifs (C(OH)–C–C–N with tert-alkyl or cyclic N) is 1. The lowest BCUT2D eigenvalue weighted by Gasteiger charge is -2.33. The number of fused-ring (bicyclic) bond motifs is 1. The molecule has 1 unspecified atom stereocenters. The van der Waals surface area contributed by atoms with E-state index in [-0.39, 0.29) is 24.4 Å². The first-order chi connectivity index (χ1) is 15.5. The number of piperidine rings is 1. The SMILES string of the molecule is CNC(=O)Nc1ccc(OCC(O)CN2CCC(n3c(=O)[nH]c4ccccc43)CC2)cc1. The van der Waals surface area contributed by atoms with Gasteiger partial charge in [-0.25, -0.2) is 9.59 Å². The molecule has 2 heterocycles. The van der Waals surface area contributed by atoms with E-state index in [1.807, 2.05) is 28.8 Å². The number of para-hydroxylation sites is 2. The van der Waals surface area contributed by atoms with Crippen molar-refractivity contribution >= 4 is 22.8 Å². The topological polar surface area (TPSA) is 112 Å². The lowest BCUT2D eigenvalue weighted by Crippen LogP contribution is -2.42. The molecule has 4 N–H and O–H groups in total. The maximum Gasteiger partial charge on any atom is 0.326 e. The van der Waals surface area contributed by atoms with Crippen LogP contribution in [0.3, 0.4) is 0 Å². The van der Waals surface area contributed by atoms with Crippen LogP contribution in [-0.2, 0) is 0 Å². The molecule has 4 rings (SSSR count). The number of amides is 2. The van der Waals surface area contributed by atoms with Gasteiger partial charge in [0.15, 0.2) is 0 Å². The summed E-state index contributed by atoms with van der Waals surface area (Å²) in [5, 5.41) is 15.6. The molecule has 9 nitrogen and oxygen atoms in total. The van der Waals surface area contributed by atoms with E-state index in [4.69, 9.17) is 4.74 Å². The van der Waals surface area contributed by atoms with Gasteiger partial charge in [-0.05, 0) is 49.2 Å². The predicted molar refractivity (Wildman–Crippen MR) is 123 cm³/mol. The molecule has 0 spiro atoms. The average Bonchev–Trinajstić information content (AvgIpc) is 3.14. The minimum Gasteiger partial charge on any atom is -0.491 e. The number of benzene rings is 2. The van der Waals surface area contributed by atoms with E-state index in [2.05, 4.69) is 20.5 Å². The number of hydrogen-bond donors (Lipinski definition) is 4. The van der Waals surface area contributed by atoms with Gasteiger partial charge in [0.1, 0.15) is 18.5 Å². The van der Waals surface area contributed by atoms with Gasteiger partial charge in [0.05, 0.1) is 11.0 Å². The molecule has 0 aliphatic carbocycles. The van der Waals surface area contributed by atoms with Crippen LogP contribution >= 0.6 is 0 Å². The summed E-state index contributed by atoms with van der Waals surface area (Å²) in [5.41, 5.74) is 2.41. The fraction of sp³-hybridized carbons (Fsp3) is 0.391. The Labute approximate surface area is 186 Å². The molecule has 0 bridgehead atoms. The number of carbonyl (C=O) groups excluding carboxylic acids is 1. The number of nitrogens with zero attached hydrogens (tertiary/aromatic N) is 2. The maximum absolute atomic E-state index is 12.4. The zero-order valence-corrected chi connectivity index (χ0v) is 18.1. The normalized spacial score (nSPS) is 16.1. The molecule has 1 saturated heterocycles. The second-order valence-electron chi connectivity index (χ2n) is 8.04. The molecule has 2 aromatic carbocycles. The third-order valence-corrected chi connectivity index (χ3v) is 5.80. The van der Waals surface area contributed by atoms with Gasteiger partial charge < -0.3 is 30.4 Å². The number of ether oxygens (including phenoxy) is 1. The first-order valence-electron chi connectivity index (χ1n) is 10.8. The zero-order valence-electron chi connectivity index (χ0n) is 18.1. The highest BCUT2D eigenvalue weighted by Gasteiger charge is 2.24. The summed E-state index contributed by atoms with van der Waals surface area (Å²) in [6.45, 7) is 2.33. The number of hydrogen-bond acceptors (Lipinski definition) is 5. The van der Waals surface area contributed by atoms with E-state index in [0.29, 0.717) is 18.0 Å². The molecule has 2 amide bonds. The van der Waals surface area contributed by atoms with Crippen molar-refractivity contribution in [2.45, 2.75) is 25.0 Å². The van der Waals surface area contributed by atoms with Gasteiger partial charge in [-0.1, -0.05) is 12.1 Å². The van der Waals surface area contributed by atoms with Crippen LogP contribution in [0.5, 0.6) is 5.75 Å². The number of H-pyrrole nitrogens is 1. The molecule has 170 valence electrons. The van der Waals surface area contributed by atoms with Crippen molar-refractivity contribution in [3.8, 4) is 5.75 Å². The van der Waals surface area contributed by atoms with E-state index in [9.17, 15) is 14.7 Å². The number of anilines is 1. The number of carbonyl (C=O) groups is 1. The highest BCUT2D eigenvalue weighted by molar-refractivity contribution is 5.88. The lowest BCUT2D eigenvalue weighted by molar-refractivity contribution is 0.0559. The number of aromatic nitrogens is 2. The van der Waals surface area contributed by atoms with Gasteiger partial charge >= 0.3 is 11.7 Å². The van der Waals surface area contributed by atoms with Gasteiger partial charge in [0.2, 0.25) is 0 Å². The molecular formula is C23H29N5O4. The minimum atomic E-state index is -0.619. The van der Waals surface area contributed by atoms with Gasteiger partial charge in [0, 0.05) is 38.4 Å². The number of aromatic amines is 1. The van der Waals surface area contributed by atoms with Crippen LogP contribution in [-0.4, -0.2) is 65.0 Å². The Morgan fingerprint density at radius 3 is 2.62 bits per heavy atom. The highest BCUT2D eigenvalue weighted by Crippen LogP contribution is 2.25. The van der Waals surface area contributed by atoms with E-state index < -0.39 is 6.10 Å². The molecule has 1 aliphatic heterocycles. The molecule has 9 heteroatoms. The molecular weight excluding hydrogens is 410 g/mol. The summed E-state index contributed by atoms with van der Waals surface area (Å²) in [5.74, 6) is 0.629. The number of nitrogens with one attached hydrogen (secondary N) is 3. The average molecular weight is 440 g/mol. The van der Waals surface area contributed by atoms with Gasteiger partial charge in [0.25, 0.3) is 0 Å². The smallest absolute Gasteiger partial charge is 0.326 e.